The fourth-order valence-electron chi connectivity index (χ4n) is 3.41. The second-order valence-electron chi connectivity index (χ2n) is 7.57. The Balaban J connectivity index is 6.96. The van der Waals surface area contributed by atoms with Gasteiger partial charge in [0, 0.05) is 0 Å². The van der Waals surface area contributed by atoms with Gasteiger partial charge in [0.2, 0.25) is 0 Å². The van der Waals surface area contributed by atoms with Crippen LogP contribution >= 0.6 is 0 Å². The van der Waals surface area contributed by atoms with Crippen LogP contribution < -0.4 is 0 Å². The third-order valence-corrected chi connectivity index (χ3v) is 4.22. The summed E-state index contributed by atoms with van der Waals surface area (Å²) < 4.78 is 0. The zero-order valence-corrected chi connectivity index (χ0v) is 16.8. The highest BCUT2D eigenvalue weighted by Crippen LogP contribution is 2.50. The Morgan fingerprint density at radius 3 is 1.48 bits per heavy atom. The number of rotatable bonds is 10. The molecule has 0 bridgehead atoms. The Bertz CT molecular complexity index is 551. The molecule has 0 aliphatic heterocycles. The third kappa shape index (κ3) is 5.58. The molecule has 0 rings (SSSR count). The van der Waals surface area contributed by atoms with E-state index in [4.69, 9.17) is 0 Å². The van der Waals surface area contributed by atoms with Crippen LogP contribution in [-0.4, -0.2) is 22.2 Å². The van der Waals surface area contributed by atoms with Gasteiger partial charge in [0.1, 0.15) is 10.8 Å². The molecule has 0 aromatic heterocycles. The van der Waals surface area contributed by atoms with E-state index in [2.05, 4.69) is 0 Å². The predicted octanol–water partition coefficient (Wildman–Crippen LogP) is 5.61. The van der Waals surface area contributed by atoms with Crippen LogP contribution in [0, 0.1) is 10.8 Å². The Hall–Kier alpha value is -1.84. The van der Waals surface area contributed by atoms with Crippen molar-refractivity contribution in [3.8, 4) is 0 Å². The van der Waals surface area contributed by atoms with Crippen LogP contribution in [0.1, 0.15) is 74.1 Å². The standard InChI is InChI=1S/C21H34O4/c1-8-9-10-11-20(18(22)23,12-15(2)3)21(19(24)25,13-16(4)5)14-17(6)7/h12-14H,8-11H2,1-7H3,(H,22,23)(H,24,25). The molecule has 0 heterocycles. The monoisotopic (exact) mass is 350 g/mol. The van der Waals surface area contributed by atoms with Crippen molar-refractivity contribution < 1.29 is 19.8 Å². The molecule has 0 aromatic rings. The summed E-state index contributed by atoms with van der Waals surface area (Å²) >= 11 is 0. The summed E-state index contributed by atoms with van der Waals surface area (Å²) in [4.78, 5) is 25.0. The second-order valence-corrected chi connectivity index (χ2v) is 7.57. The number of carboxylic acids is 2. The smallest absolute Gasteiger partial charge is 0.318 e. The summed E-state index contributed by atoms with van der Waals surface area (Å²) in [6.45, 7) is 12.9. The van der Waals surface area contributed by atoms with Crippen LogP contribution in [0.2, 0.25) is 0 Å². The topological polar surface area (TPSA) is 74.6 Å². The normalized spacial score (nSPS) is 13.4. The quantitative estimate of drug-likeness (QED) is 0.397. The van der Waals surface area contributed by atoms with E-state index < -0.39 is 22.8 Å². The molecule has 0 aliphatic carbocycles. The number of aliphatic carboxylic acids is 2. The van der Waals surface area contributed by atoms with E-state index in [1.54, 1.807) is 45.9 Å². The van der Waals surface area contributed by atoms with Crippen LogP contribution in [0.25, 0.3) is 0 Å². The minimum absolute atomic E-state index is 0.279. The lowest BCUT2D eigenvalue weighted by Gasteiger charge is -2.41. The van der Waals surface area contributed by atoms with Gasteiger partial charge in [-0.1, -0.05) is 61.1 Å². The maximum absolute atomic E-state index is 12.5. The van der Waals surface area contributed by atoms with Gasteiger partial charge in [-0.15, -0.1) is 0 Å². The van der Waals surface area contributed by atoms with Gasteiger partial charge in [0.25, 0.3) is 0 Å². The molecular weight excluding hydrogens is 316 g/mol. The molecule has 25 heavy (non-hydrogen) atoms. The van der Waals surface area contributed by atoms with Gasteiger partial charge in [0.15, 0.2) is 0 Å². The molecule has 4 nitrogen and oxygen atoms in total. The van der Waals surface area contributed by atoms with E-state index in [0.717, 1.165) is 29.6 Å². The molecule has 1 atom stereocenters. The van der Waals surface area contributed by atoms with Crippen molar-refractivity contribution in [1.29, 1.82) is 0 Å². The van der Waals surface area contributed by atoms with Gasteiger partial charge in [-0.05, 0) is 48.0 Å². The first-order valence-corrected chi connectivity index (χ1v) is 8.90. The Morgan fingerprint density at radius 1 is 0.760 bits per heavy atom. The molecule has 0 fully saturated rings. The zero-order chi connectivity index (χ0) is 19.8. The van der Waals surface area contributed by atoms with Gasteiger partial charge >= 0.3 is 11.9 Å². The lowest BCUT2D eigenvalue weighted by atomic mass is 9.58. The maximum Gasteiger partial charge on any atom is 0.318 e. The molecule has 4 heteroatoms. The number of allylic oxidation sites excluding steroid dienone is 3. The average Bonchev–Trinajstić information content (AvgIpc) is 2.43. The van der Waals surface area contributed by atoms with Gasteiger partial charge in [0.05, 0.1) is 0 Å². The molecule has 0 amide bonds. The van der Waals surface area contributed by atoms with Crippen molar-refractivity contribution in [2.75, 3.05) is 0 Å². The maximum atomic E-state index is 12.5. The predicted molar refractivity (Wildman–Crippen MR) is 103 cm³/mol. The van der Waals surface area contributed by atoms with Crippen molar-refractivity contribution in [1.82, 2.24) is 0 Å². The number of hydrogen-bond acceptors (Lipinski definition) is 2. The first-order valence-electron chi connectivity index (χ1n) is 8.90. The highest BCUT2D eigenvalue weighted by Gasteiger charge is 2.57. The molecule has 0 spiro atoms. The van der Waals surface area contributed by atoms with Gasteiger partial charge < -0.3 is 10.2 Å². The summed E-state index contributed by atoms with van der Waals surface area (Å²) in [5, 5.41) is 20.4. The van der Waals surface area contributed by atoms with E-state index in [1.807, 2.05) is 20.8 Å². The highest BCUT2D eigenvalue weighted by atomic mass is 16.4. The lowest BCUT2D eigenvalue weighted by Crippen LogP contribution is -2.50. The van der Waals surface area contributed by atoms with Crippen molar-refractivity contribution in [2.24, 2.45) is 10.8 Å². The van der Waals surface area contributed by atoms with E-state index in [-0.39, 0.29) is 6.42 Å². The molecule has 0 saturated carbocycles. The summed E-state index contributed by atoms with van der Waals surface area (Å²) in [6, 6.07) is 0. The van der Waals surface area contributed by atoms with Crippen molar-refractivity contribution in [3.05, 3.63) is 34.9 Å². The molecular formula is C21H34O4. The summed E-state index contributed by atoms with van der Waals surface area (Å²) in [5.74, 6) is -2.23. The summed E-state index contributed by atoms with van der Waals surface area (Å²) in [7, 11) is 0. The lowest BCUT2D eigenvalue weighted by molar-refractivity contribution is -0.162. The van der Waals surface area contributed by atoms with Gasteiger partial charge in [-0.25, -0.2) is 0 Å². The number of hydrogen-bond donors (Lipinski definition) is 2. The fraction of sp³-hybridized carbons (Fsp3) is 0.619. The van der Waals surface area contributed by atoms with Crippen molar-refractivity contribution >= 4 is 11.9 Å². The number of unbranched alkanes of at least 4 members (excludes halogenated alkanes) is 2. The summed E-state index contributed by atoms with van der Waals surface area (Å²) in [6.07, 6.45) is 7.58. The Kier molecular flexibility index (Phi) is 8.89. The van der Waals surface area contributed by atoms with E-state index in [1.165, 1.54) is 0 Å². The molecule has 0 aliphatic rings. The van der Waals surface area contributed by atoms with Crippen LogP contribution in [-0.2, 0) is 9.59 Å². The average molecular weight is 350 g/mol. The molecule has 142 valence electrons. The number of carboxylic acid groups (broad SMARTS) is 2. The molecule has 0 radical (unpaired) electrons. The third-order valence-electron chi connectivity index (χ3n) is 4.22. The zero-order valence-electron chi connectivity index (χ0n) is 16.8. The Labute approximate surface area is 152 Å². The number of carbonyl (C=O) groups is 2. The van der Waals surface area contributed by atoms with E-state index >= 15 is 0 Å². The largest absolute Gasteiger partial charge is 0.481 e. The minimum Gasteiger partial charge on any atom is -0.481 e. The molecule has 1 unspecified atom stereocenters. The van der Waals surface area contributed by atoms with Crippen LogP contribution in [0.5, 0.6) is 0 Å². The SMILES string of the molecule is CCCCCC(C=C(C)C)(C(=O)O)C(C=C(C)C)(C=C(C)C)C(=O)O. The minimum atomic E-state index is -1.62. The van der Waals surface area contributed by atoms with Gasteiger partial charge in [-0.3, -0.25) is 9.59 Å². The fourth-order valence-corrected chi connectivity index (χ4v) is 3.41. The molecule has 0 aromatic carbocycles. The summed E-state index contributed by atoms with van der Waals surface area (Å²) in [5.41, 5.74) is -0.789. The Morgan fingerprint density at radius 2 is 1.20 bits per heavy atom. The van der Waals surface area contributed by atoms with Crippen LogP contribution in [0.4, 0.5) is 0 Å². The highest BCUT2D eigenvalue weighted by molar-refractivity contribution is 5.92. The van der Waals surface area contributed by atoms with Gasteiger partial charge in [-0.2, -0.15) is 0 Å². The molecule has 0 saturated heterocycles. The van der Waals surface area contributed by atoms with Crippen LogP contribution in [0.3, 0.4) is 0 Å². The second kappa shape index (κ2) is 9.59. The van der Waals surface area contributed by atoms with E-state index in [9.17, 15) is 19.8 Å². The van der Waals surface area contributed by atoms with Crippen LogP contribution in [0.15, 0.2) is 34.9 Å². The molecule has 2 N–H and O–H groups in total. The van der Waals surface area contributed by atoms with E-state index in [0.29, 0.717) is 6.42 Å². The first-order chi connectivity index (χ1) is 11.4. The van der Waals surface area contributed by atoms with Crippen molar-refractivity contribution in [2.45, 2.75) is 74.1 Å². The first kappa shape index (κ1) is 23.2. The van der Waals surface area contributed by atoms with Crippen molar-refractivity contribution in [3.63, 3.8) is 0 Å².